The Bertz CT molecular complexity index is 1470. The lowest BCUT2D eigenvalue weighted by Gasteiger charge is -2.11. The van der Waals surface area contributed by atoms with Gasteiger partial charge in [0.25, 0.3) is 0 Å². The Kier molecular flexibility index (Phi) is 7.97. The van der Waals surface area contributed by atoms with Gasteiger partial charge in [0, 0.05) is 5.69 Å². The van der Waals surface area contributed by atoms with Crippen LogP contribution < -0.4 is 20.2 Å². The van der Waals surface area contributed by atoms with Crippen molar-refractivity contribution in [1.29, 1.82) is 0 Å². The van der Waals surface area contributed by atoms with Crippen molar-refractivity contribution in [3.05, 3.63) is 83.9 Å². The Hall–Kier alpha value is -5.02. The van der Waals surface area contributed by atoms with Crippen LogP contribution in [0, 0.1) is 11.6 Å². The summed E-state index contributed by atoms with van der Waals surface area (Å²) in [6.07, 6.45) is -8.55. The summed E-state index contributed by atoms with van der Waals surface area (Å²) in [5, 5.41) is 6.54. The van der Waals surface area contributed by atoms with Gasteiger partial charge in [-0.25, -0.2) is 14.2 Å². The van der Waals surface area contributed by atoms with Crippen LogP contribution in [0.1, 0.15) is 5.56 Å². The number of hydrogen-bond donors (Lipinski definition) is 2. The van der Waals surface area contributed by atoms with E-state index < -0.39 is 47.2 Å². The van der Waals surface area contributed by atoms with Crippen molar-refractivity contribution >= 4 is 23.8 Å². The zero-order valence-electron chi connectivity index (χ0n) is 19.6. The summed E-state index contributed by atoms with van der Waals surface area (Å²) >= 11 is 0. The van der Waals surface area contributed by atoms with E-state index in [0.29, 0.717) is 5.56 Å². The lowest BCUT2D eigenvalue weighted by molar-refractivity contribution is -0.275. The Morgan fingerprint density at radius 1 is 0.675 bits per heavy atom. The van der Waals surface area contributed by atoms with Gasteiger partial charge in [0.1, 0.15) is 23.1 Å². The highest BCUT2D eigenvalue weighted by Gasteiger charge is 2.31. The molecule has 0 saturated heterocycles. The number of anilines is 3. The summed E-state index contributed by atoms with van der Waals surface area (Å²) in [5.74, 6) is -3.92. The van der Waals surface area contributed by atoms with Gasteiger partial charge in [0.05, 0.1) is 11.8 Å². The molecule has 8 nitrogen and oxygen atoms in total. The lowest BCUT2D eigenvalue weighted by atomic mass is 10.2. The number of halogens is 8. The monoisotopic (exact) mass is 570 g/mol. The SMILES string of the molecule is Fc1cccc(F)c1-c1nc(N/N=C/c2ccc(OC(F)(F)F)cc2)nc(Nc2ccc(OC(F)(F)F)cc2)n1. The van der Waals surface area contributed by atoms with E-state index in [1.165, 1.54) is 30.5 Å². The van der Waals surface area contributed by atoms with Gasteiger partial charge in [-0.2, -0.15) is 20.1 Å². The van der Waals surface area contributed by atoms with Gasteiger partial charge >= 0.3 is 12.7 Å². The molecule has 0 spiro atoms. The number of hydrogen-bond acceptors (Lipinski definition) is 8. The summed E-state index contributed by atoms with van der Waals surface area (Å²) < 4.78 is 111. The Balaban J connectivity index is 1.58. The maximum Gasteiger partial charge on any atom is 0.573 e. The standard InChI is InChI=1S/C24H14F8N6O2/c25-17-2-1-3-18(26)19(17)20-35-21(34-14-6-10-16(11-7-14)40-24(30,31)32)37-22(36-20)38-33-12-13-4-8-15(9-5-13)39-23(27,28)29/h1-12H,(H2,34,35,36,37,38)/b33-12+. The molecule has 0 amide bonds. The van der Waals surface area contributed by atoms with E-state index in [0.717, 1.165) is 42.5 Å². The Morgan fingerprint density at radius 3 is 1.75 bits per heavy atom. The first-order chi connectivity index (χ1) is 18.8. The second-order valence-corrected chi connectivity index (χ2v) is 7.59. The van der Waals surface area contributed by atoms with Crippen LogP contribution in [0.25, 0.3) is 11.4 Å². The largest absolute Gasteiger partial charge is 0.573 e. The van der Waals surface area contributed by atoms with Crippen LogP contribution in [-0.2, 0) is 0 Å². The summed E-state index contributed by atoms with van der Waals surface area (Å²) in [7, 11) is 0. The molecule has 1 heterocycles. The van der Waals surface area contributed by atoms with Gasteiger partial charge in [-0.05, 0) is 66.2 Å². The van der Waals surface area contributed by atoms with Crippen LogP contribution in [0.3, 0.4) is 0 Å². The van der Waals surface area contributed by atoms with Crippen molar-refractivity contribution in [3.8, 4) is 22.9 Å². The molecule has 40 heavy (non-hydrogen) atoms. The predicted molar refractivity (Wildman–Crippen MR) is 126 cm³/mol. The normalized spacial score (nSPS) is 11.9. The zero-order chi connectivity index (χ0) is 28.9. The second kappa shape index (κ2) is 11.4. The average molecular weight is 570 g/mol. The van der Waals surface area contributed by atoms with Gasteiger partial charge in [-0.1, -0.05) is 6.07 Å². The number of nitrogens with one attached hydrogen (secondary N) is 2. The van der Waals surface area contributed by atoms with E-state index in [-0.39, 0.29) is 17.6 Å². The van der Waals surface area contributed by atoms with E-state index in [9.17, 15) is 35.1 Å². The fourth-order valence-corrected chi connectivity index (χ4v) is 3.09. The fraction of sp³-hybridized carbons (Fsp3) is 0.0833. The molecule has 208 valence electrons. The van der Waals surface area contributed by atoms with E-state index in [4.69, 9.17) is 0 Å². The zero-order valence-corrected chi connectivity index (χ0v) is 19.6. The molecule has 16 heteroatoms. The quantitative estimate of drug-likeness (QED) is 0.137. The number of ether oxygens (including phenoxy) is 2. The van der Waals surface area contributed by atoms with Crippen molar-refractivity contribution in [2.75, 3.05) is 10.7 Å². The molecule has 0 radical (unpaired) electrons. The van der Waals surface area contributed by atoms with Crippen molar-refractivity contribution < 1.29 is 44.6 Å². The average Bonchev–Trinajstić information content (AvgIpc) is 2.84. The minimum absolute atomic E-state index is 0.191. The number of hydrazone groups is 1. The minimum Gasteiger partial charge on any atom is -0.406 e. The molecule has 0 saturated carbocycles. The third-order valence-corrected chi connectivity index (χ3v) is 4.66. The second-order valence-electron chi connectivity index (χ2n) is 7.59. The molecule has 4 rings (SSSR count). The first-order valence-electron chi connectivity index (χ1n) is 10.8. The maximum absolute atomic E-state index is 14.4. The minimum atomic E-state index is -4.89. The lowest BCUT2D eigenvalue weighted by Crippen LogP contribution is -2.17. The fourth-order valence-electron chi connectivity index (χ4n) is 3.09. The predicted octanol–water partition coefficient (Wildman–Crippen LogP) is 6.80. The Morgan fingerprint density at radius 2 is 1.20 bits per heavy atom. The highest BCUT2D eigenvalue weighted by molar-refractivity contribution is 5.80. The molecule has 4 aromatic rings. The van der Waals surface area contributed by atoms with E-state index in [1.54, 1.807) is 0 Å². The molecule has 0 fully saturated rings. The summed E-state index contributed by atoms with van der Waals surface area (Å²) in [5.41, 5.74) is 2.37. The Labute approximate surface area is 219 Å². The smallest absolute Gasteiger partial charge is 0.406 e. The van der Waals surface area contributed by atoms with Crippen molar-refractivity contribution in [1.82, 2.24) is 15.0 Å². The van der Waals surface area contributed by atoms with Gasteiger partial charge in [0.15, 0.2) is 5.82 Å². The molecule has 2 N–H and O–H groups in total. The molecule has 0 aliphatic heterocycles. The van der Waals surface area contributed by atoms with Crippen LogP contribution in [0.15, 0.2) is 71.8 Å². The molecule has 0 atom stereocenters. The number of benzene rings is 3. The molecule has 0 aliphatic carbocycles. The number of rotatable bonds is 8. The number of alkyl halides is 6. The van der Waals surface area contributed by atoms with Crippen LogP contribution in [0.4, 0.5) is 52.7 Å². The van der Waals surface area contributed by atoms with Crippen LogP contribution in [0.2, 0.25) is 0 Å². The summed E-state index contributed by atoms with van der Waals surface area (Å²) in [6, 6.07) is 12.2. The third kappa shape index (κ3) is 7.99. The maximum atomic E-state index is 14.4. The van der Waals surface area contributed by atoms with Crippen molar-refractivity contribution in [3.63, 3.8) is 0 Å². The highest BCUT2D eigenvalue weighted by Crippen LogP contribution is 2.28. The van der Waals surface area contributed by atoms with E-state index in [2.05, 4.69) is 40.3 Å². The first-order valence-corrected chi connectivity index (χ1v) is 10.8. The molecular formula is C24H14F8N6O2. The molecule has 3 aromatic carbocycles. The highest BCUT2D eigenvalue weighted by atomic mass is 19.4. The van der Waals surface area contributed by atoms with Crippen LogP contribution >= 0.6 is 0 Å². The molecular weight excluding hydrogens is 556 g/mol. The first kappa shape index (κ1) is 28.0. The molecule has 0 aliphatic rings. The van der Waals surface area contributed by atoms with Gasteiger partial charge in [-0.3, -0.25) is 0 Å². The number of aromatic nitrogens is 3. The molecule has 1 aromatic heterocycles. The van der Waals surface area contributed by atoms with Crippen LogP contribution in [0.5, 0.6) is 11.5 Å². The van der Waals surface area contributed by atoms with Gasteiger partial charge in [-0.15, -0.1) is 26.3 Å². The van der Waals surface area contributed by atoms with E-state index in [1.807, 2.05) is 0 Å². The van der Waals surface area contributed by atoms with Gasteiger partial charge < -0.3 is 14.8 Å². The molecule has 0 unspecified atom stereocenters. The van der Waals surface area contributed by atoms with E-state index >= 15 is 0 Å². The molecule has 0 bridgehead atoms. The summed E-state index contributed by atoms with van der Waals surface area (Å²) in [6.45, 7) is 0. The van der Waals surface area contributed by atoms with Crippen LogP contribution in [-0.4, -0.2) is 33.9 Å². The topological polar surface area (TPSA) is 93.6 Å². The van der Waals surface area contributed by atoms with Crippen molar-refractivity contribution in [2.24, 2.45) is 5.10 Å². The van der Waals surface area contributed by atoms with Crippen molar-refractivity contribution in [2.45, 2.75) is 12.7 Å². The summed E-state index contributed by atoms with van der Waals surface area (Å²) in [4.78, 5) is 12.0. The van der Waals surface area contributed by atoms with Gasteiger partial charge in [0.2, 0.25) is 11.9 Å². The third-order valence-electron chi connectivity index (χ3n) is 4.66. The number of nitrogens with zero attached hydrogens (tertiary/aromatic N) is 4.